The molecule has 1 aliphatic carbocycles. The zero-order valence-corrected chi connectivity index (χ0v) is 41.1. The molecule has 0 spiro atoms. The SMILES string of the molecule is CC1=CC(C)(C)c2nc(-c3[c-]c4cccnc4c(C(C)(C)C)c3)cc(-c3ccc4c(C)c(CC(C)C)sc4c3)c21.CCC(C)(CC)C(=O)/C=C(\O)C(C)(CC)CC.[Ir]. The van der Waals surface area contributed by atoms with Gasteiger partial charge in [0.25, 0.3) is 0 Å². The van der Waals surface area contributed by atoms with Gasteiger partial charge in [0.05, 0.1) is 0 Å². The Morgan fingerprint density at radius 1 is 0.931 bits per heavy atom. The van der Waals surface area contributed by atoms with Crippen LogP contribution in [0.1, 0.15) is 150 Å². The van der Waals surface area contributed by atoms with Crippen molar-refractivity contribution in [3.8, 4) is 22.4 Å². The molecule has 3 heterocycles. The fourth-order valence-corrected chi connectivity index (χ4v) is 9.44. The van der Waals surface area contributed by atoms with Gasteiger partial charge in [-0.2, -0.15) is 0 Å². The van der Waals surface area contributed by atoms with Gasteiger partial charge in [-0.3, -0.25) is 14.8 Å². The van der Waals surface area contributed by atoms with E-state index in [1.54, 1.807) is 0 Å². The summed E-state index contributed by atoms with van der Waals surface area (Å²) in [7, 11) is 0. The average molecular weight is 976 g/mol. The summed E-state index contributed by atoms with van der Waals surface area (Å²) in [6, 6.07) is 19.4. The van der Waals surface area contributed by atoms with Gasteiger partial charge in [0.2, 0.25) is 0 Å². The normalized spacial score (nSPS) is 14.3. The van der Waals surface area contributed by atoms with Crippen molar-refractivity contribution in [1.82, 2.24) is 9.97 Å². The van der Waals surface area contributed by atoms with Gasteiger partial charge >= 0.3 is 0 Å². The predicted molar refractivity (Wildman–Crippen MR) is 246 cm³/mol. The molecule has 313 valence electrons. The number of thiophene rings is 1. The molecule has 0 unspecified atom stereocenters. The molecule has 0 atom stereocenters. The maximum absolute atomic E-state index is 12.2. The van der Waals surface area contributed by atoms with Gasteiger partial charge in [0, 0.05) is 80.7 Å². The van der Waals surface area contributed by atoms with Crippen molar-refractivity contribution < 1.29 is 30.0 Å². The number of aromatic nitrogens is 2. The third kappa shape index (κ3) is 9.46. The van der Waals surface area contributed by atoms with E-state index in [1.807, 2.05) is 65.1 Å². The molecule has 4 nitrogen and oxygen atoms in total. The molecular formula is C52H67IrN2O2S-. The van der Waals surface area contributed by atoms with E-state index in [2.05, 4.69) is 111 Å². The molecule has 5 aromatic rings. The minimum atomic E-state index is -0.337. The first-order valence-electron chi connectivity index (χ1n) is 21.2. The Bertz CT molecular complexity index is 2340. The largest absolute Gasteiger partial charge is 0.512 e. The van der Waals surface area contributed by atoms with Crippen molar-refractivity contribution in [1.29, 1.82) is 0 Å². The van der Waals surface area contributed by atoms with Crippen molar-refractivity contribution in [2.24, 2.45) is 16.7 Å². The number of allylic oxidation sites excluding steroid dienone is 4. The molecule has 3 aromatic heterocycles. The van der Waals surface area contributed by atoms with Crippen LogP contribution in [-0.2, 0) is 42.2 Å². The zero-order valence-electron chi connectivity index (χ0n) is 37.9. The van der Waals surface area contributed by atoms with Crippen LogP contribution in [0, 0.1) is 29.7 Å². The number of aliphatic hydroxyl groups is 1. The first-order valence-corrected chi connectivity index (χ1v) is 22.0. The van der Waals surface area contributed by atoms with Crippen molar-refractivity contribution in [2.45, 2.75) is 147 Å². The molecule has 6 heteroatoms. The van der Waals surface area contributed by atoms with E-state index < -0.39 is 0 Å². The quantitative estimate of drug-likeness (QED) is 0.0814. The molecule has 0 amide bonds. The topological polar surface area (TPSA) is 63.1 Å². The summed E-state index contributed by atoms with van der Waals surface area (Å²) in [5.41, 5.74) is 11.2. The number of rotatable bonds is 11. The summed E-state index contributed by atoms with van der Waals surface area (Å²) in [5.74, 6) is 0.937. The first kappa shape index (κ1) is 47.2. The van der Waals surface area contributed by atoms with Crippen LogP contribution in [0.4, 0.5) is 0 Å². The van der Waals surface area contributed by atoms with Gasteiger partial charge in [-0.25, -0.2) is 0 Å². The Balaban J connectivity index is 0.000000353. The van der Waals surface area contributed by atoms with Crippen LogP contribution in [0.5, 0.6) is 0 Å². The zero-order chi connectivity index (χ0) is 42.2. The number of aliphatic hydroxyl groups excluding tert-OH is 1. The van der Waals surface area contributed by atoms with Crippen LogP contribution in [0.25, 0.3) is 48.9 Å². The first-order chi connectivity index (χ1) is 26.6. The number of carbonyl (C=O) groups excluding carboxylic acids is 1. The molecule has 58 heavy (non-hydrogen) atoms. The van der Waals surface area contributed by atoms with E-state index in [4.69, 9.17) is 9.97 Å². The summed E-state index contributed by atoms with van der Waals surface area (Å²) >= 11 is 1.96. The van der Waals surface area contributed by atoms with Crippen molar-refractivity contribution >= 4 is 43.7 Å². The second-order valence-electron chi connectivity index (χ2n) is 19.0. The Hall–Kier alpha value is -3.44. The maximum atomic E-state index is 12.2. The molecule has 1 radical (unpaired) electrons. The van der Waals surface area contributed by atoms with E-state index >= 15 is 0 Å². The summed E-state index contributed by atoms with van der Waals surface area (Å²) in [4.78, 5) is 23.8. The second kappa shape index (κ2) is 18.0. The van der Waals surface area contributed by atoms with Crippen LogP contribution in [0.15, 0.2) is 66.6 Å². The van der Waals surface area contributed by atoms with Crippen LogP contribution in [0.2, 0.25) is 0 Å². The van der Waals surface area contributed by atoms with Gasteiger partial charge in [-0.1, -0.05) is 137 Å². The molecule has 0 fully saturated rings. The van der Waals surface area contributed by atoms with Crippen LogP contribution in [0.3, 0.4) is 0 Å². The van der Waals surface area contributed by atoms with Crippen molar-refractivity contribution in [3.05, 3.63) is 99.9 Å². The van der Waals surface area contributed by atoms with E-state index in [-0.39, 0.29) is 53.3 Å². The molecule has 0 saturated carbocycles. The fraction of sp³-hybridized carbons (Fsp3) is 0.481. The standard InChI is InChI=1S/C37H39N2S.C15H28O2.Ir/c1-21(2)15-31-23(4)27-13-12-24(18-32(27)40-31)28-19-30(39-35-33(28)22(3)20-37(35,8)9)26-16-25-11-10-14-38-34(25)29(17-26)36(5,6)7;1-7-14(5,8-2)12(16)11-13(17)15(6,9-3)10-4;/h10-14,17-21H,15H2,1-9H3;11,16H,7-10H2,1-6H3;/q-1;;/b;12-11-;. The number of benzene rings is 2. The molecule has 6 rings (SSSR count). The smallest absolute Gasteiger partial charge is 0.164 e. The Morgan fingerprint density at radius 2 is 1.57 bits per heavy atom. The van der Waals surface area contributed by atoms with E-state index in [0.29, 0.717) is 5.92 Å². The number of hydrogen-bond donors (Lipinski definition) is 1. The number of hydrogen-bond acceptors (Lipinski definition) is 5. The van der Waals surface area contributed by atoms with Gasteiger partial charge < -0.3 is 5.11 Å². The van der Waals surface area contributed by atoms with E-state index in [0.717, 1.165) is 60.0 Å². The third-order valence-corrected chi connectivity index (χ3v) is 14.1. The van der Waals surface area contributed by atoms with Gasteiger partial charge in [-0.15, -0.1) is 29.5 Å². The summed E-state index contributed by atoms with van der Waals surface area (Å²) in [6.07, 6.45) is 10.1. The van der Waals surface area contributed by atoms with Crippen LogP contribution < -0.4 is 0 Å². The molecule has 0 saturated heterocycles. The number of nitrogens with zero attached hydrogens (tertiary/aromatic N) is 2. The number of carbonyl (C=O) groups is 1. The molecule has 0 bridgehead atoms. The predicted octanol–water partition coefficient (Wildman–Crippen LogP) is 15.1. The summed E-state index contributed by atoms with van der Waals surface area (Å²) in [6.45, 7) is 32.5. The Kier molecular flexibility index (Phi) is 14.7. The minimum Gasteiger partial charge on any atom is -0.512 e. The van der Waals surface area contributed by atoms with Gasteiger partial charge in [-0.05, 0) is 91.0 Å². The van der Waals surface area contributed by atoms with Gasteiger partial charge in [0.1, 0.15) is 5.76 Å². The fourth-order valence-electron chi connectivity index (χ4n) is 7.97. The summed E-state index contributed by atoms with van der Waals surface area (Å²) in [5, 5.41) is 12.6. The Morgan fingerprint density at radius 3 is 2.16 bits per heavy atom. The number of aryl methyl sites for hydroxylation is 1. The minimum absolute atomic E-state index is 0. The molecular weight excluding hydrogens is 909 g/mol. The second-order valence-corrected chi connectivity index (χ2v) is 20.1. The number of fused-ring (bicyclic) bond motifs is 3. The molecule has 1 N–H and O–H groups in total. The van der Waals surface area contributed by atoms with Crippen molar-refractivity contribution in [2.75, 3.05) is 0 Å². The molecule has 2 aromatic carbocycles. The Labute approximate surface area is 367 Å². The van der Waals surface area contributed by atoms with E-state index in [1.165, 1.54) is 54.4 Å². The van der Waals surface area contributed by atoms with Crippen molar-refractivity contribution in [3.63, 3.8) is 0 Å². The summed E-state index contributed by atoms with van der Waals surface area (Å²) < 4.78 is 1.37. The number of pyridine rings is 2. The van der Waals surface area contributed by atoms with Crippen LogP contribution in [-0.4, -0.2) is 20.9 Å². The third-order valence-electron chi connectivity index (χ3n) is 12.9. The average Bonchev–Trinajstić information content (AvgIpc) is 3.61. The number of ketones is 1. The van der Waals surface area contributed by atoms with Crippen LogP contribution >= 0.6 is 11.3 Å². The molecule has 1 aliphatic rings. The monoisotopic (exact) mass is 976 g/mol. The van der Waals surface area contributed by atoms with E-state index in [9.17, 15) is 9.90 Å². The molecule has 0 aliphatic heterocycles. The van der Waals surface area contributed by atoms with Gasteiger partial charge in [0.15, 0.2) is 5.78 Å². The maximum Gasteiger partial charge on any atom is 0.164 e.